The number of amides is 1. The Morgan fingerprint density at radius 2 is 1.70 bits per heavy atom. The first kappa shape index (κ1) is 13.9. The molecule has 0 spiro atoms. The number of anilines is 1. The molecule has 2 aromatic carbocycles. The highest BCUT2D eigenvalue weighted by Gasteiger charge is 2.31. The molecule has 0 saturated carbocycles. The highest BCUT2D eigenvalue weighted by atomic mass is 32.1. The minimum Gasteiger partial charge on any atom is -0.318 e. The number of benzene rings is 2. The van der Waals surface area contributed by atoms with E-state index in [9.17, 15) is 4.79 Å². The number of carbonyl (C=O) groups excluding carboxylic acids is 1. The zero-order valence-electron chi connectivity index (χ0n) is 12.7. The Kier molecular flexibility index (Phi) is 3.12. The van der Waals surface area contributed by atoms with Gasteiger partial charge in [0.15, 0.2) is 5.71 Å². The Labute approximate surface area is 136 Å². The fraction of sp³-hybridized carbons (Fsp3) is 0.118. The van der Waals surface area contributed by atoms with Crippen LogP contribution in [0, 0.1) is 0 Å². The first-order chi connectivity index (χ1) is 11.2. The summed E-state index contributed by atoms with van der Waals surface area (Å²) in [6.45, 7) is 0. The maximum Gasteiger partial charge on any atom is 0.279 e. The second-order valence-electron chi connectivity index (χ2n) is 5.34. The molecule has 1 amide bonds. The van der Waals surface area contributed by atoms with Crippen LogP contribution in [0.3, 0.4) is 0 Å². The van der Waals surface area contributed by atoms with Crippen molar-refractivity contribution in [1.29, 1.82) is 0 Å². The predicted octanol–water partition coefficient (Wildman–Crippen LogP) is 2.52. The highest BCUT2D eigenvalue weighted by Crippen LogP contribution is 2.27. The highest BCUT2D eigenvalue weighted by molar-refractivity contribution is 7.16. The number of hydrogen-bond donors (Lipinski definition) is 0. The number of hydrogen-bond acceptors (Lipinski definition) is 4. The standard InChI is InChI=1S/C17H14N4OS/c1-20-12-8-4-3-7-11(12)15(16(20)22)18-19-17-21(2)13-9-5-6-10-14(13)23-17/h3-10H,1-2H3/b18-15+,19-17+. The smallest absolute Gasteiger partial charge is 0.279 e. The van der Waals surface area contributed by atoms with Crippen molar-refractivity contribution >= 4 is 38.9 Å². The van der Waals surface area contributed by atoms with Gasteiger partial charge in [-0.15, -0.1) is 10.2 Å². The van der Waals surface area contributed by atoms with E-state index in [-0.39, 0.29) is 5.91 Å². The van der Waals surface area contributed by atoms with E-state index in [0.717, 1.165) is 26.3 Å². The van der Waals surface area contributed by atoms with Gasteiger partial charge in [0.2, 0.25) is 4.80 Å². The lowest BCUT2D eigenvalue weighted by Gasteiger charge is -2.07. The Morgan fingerprint density at radius 1 is 0.957 bits per heavy atom. The van der Waals surface area contributed by atoms with Gasteiger partial charge in [-0.25, -0.2) is 0 Å². The number of para-hydroxylation sites is 2. The van der Waals surface area contributed by atoms with Crippen LogP contribution < -0.4 is 9.70 Å². The monoisotopic (exact) mass is 322 g/mol. The minimum absolute atomic E-state index is 0.126. The van der Waals surface area contributed by atoms with Crippen LogP contribution in [0.25, 0.3) is 10.2 Å². The molecule has 1 aliphatic heterocycles. The molecule has 1 aliphatic rings. The summed E-state index contributed by atoms with van der Waals surface area (Å²) in [6.07, 6.45) is 0. The molecule has 0 fully saturated rings. The van der Waals surface area contributed by atoms with Crippen molar-refractivity contribution in [3.8, 4) is 0 Å². The molecule has 0 atom stereocenters. The quantitative estimate of drug-likeness (QED) is 0.635. The van der Waals surface area contributed by atoms with Crippen LogP contribution in [0.2, 0.25) is 0 Å². The maximum atomic E-state index is 12.4. The number of thiazole rings is 1. The summed E-state index contributed by atoms with van der Waals surface area (Å²) in [5, 5.41) is 8.59. The third kappa shape index (κ3) is 2.10. The zero-order valence-corrected chi connectivity index (χ0v) is 13.5. The molecule has 0 saturated heterocycles. The fourth-order valence-electron chi connectivity index (χ4n) is 2.72. The van der Waals surface area contributed by atoms with Crippen molar-refractivity contribution in [3.63, 3.8) is 0 Å². The predicted molar refractivity (Wildman–Crippen MR) is 92.7 cm³/mol. The second-order valence-corrected chi connectivity index (χ2v) is 6.35. The van der Waals surface area contributed by atoms with Crippen LogP contribution in [-0.2, 0) is 11.8 Å². The number of fused-ring (bicyclic) bond motifs is 2. The number of likely N-dealkylation sites (N-methyl/N-ethyl adjacent to an activating group) is 1. The lowest BCUT2D eigenvalue weighted by molar-refractivity contribution is -0.111. The average Bonchev–Trinajstić information content (AvgIpc) is 3.02. The van der Waals surface area contributed by atoms with Gasteiger partial charge >= 0.3 is 0 Å². The van der Waals surface area contributed by atoms with Gasteiger partial charge in [0, 0.05) is 19.7 Å². The van der Waals surface area contributed by atoms with Crippen molar-refractivity contribution in [3.05, 3.63) is 58.9 Å². The van der Waals surface area contributed by atoms with Gasteiger partial charge in [-0.3, -0.25) is 4.79 Å². The van der Waals surface area contributed by atoms with E-state index in [4.69, 9.17) is 0 Å². The van der Waals surface area contributed by atoms with E-state index in [2.05, 4.69) is 16.3 Å². The first-order valence-electron chi connectivity index (χ1n) is 7.20. The molecule has 114 valence electrons. The largest absolute Gasteiger partial charge is 0.318 e. The molecule has 0 aliphatic carbocycles. The molecule has 0 radical (unpaired) electrons. The Balaban J connectivity index is 1.87. The maximum absolute atomic E-state index is 12.4. The number of aromatic nitrogens is 1. The van der Waals surface area contributed by atoms with Gasteiger partial charge in [-0.2, -0.15) is 0 Å². The van der Waals surface area contributed by atoms with Crippen LogP contribution >= 0.6 is 11.3 Å². The fourth-order valence-corrected chi connectivity index (χ4v) is 3.69. The molecular weight excluding hydrogens is 308 g/mol. The molecule has 5 nitrogen and oxygen atoms in total. The van der Waals surface area contributed by atoms with Gasteiger partial charge in [-0.05, 0) is 18.2 Å². The zero-order chi connectivity index (χ0) is 16.0. The van der Waals surface area contributed by atoms with Gasteiger partial charge in [0.25, 0.3) is 5.91 Å². The summed E-state index contributed by atoms with van der Waals surface area (Å²) in [5.41, 5.74) is 3.19. The lowest BCUT2D eigenvalue weighted by Crippen LogP contribution is -2.25. The van der Waals surface area contributed by atoms with E-state index in [1.165, 1.54) is 0 Å². The molecule has 3 aromatic rings. The van der Waals surface area contributed by atoms with Gasteiger partial charge in [-0.1, -0.05) is 41.7 Å². The summed E-state index contributed by atoms with van der Waals surface area (Å²) >= 11 is 1.55. The normalized spacial score (nSPS) is 16.6. The first-order valence-corrected chi connectivity index (χ1v) is 8.02. The summed E-state index contributed by atoms with van der Waals surface area (Å²) in [6, 6.07) is 15.7. The van der Waals surface area contributed by atoms with Gasteiger partial charge < -0.3 is 9.47 Å². The van der Waals surface area contributed by atoms with Crippen LogP contribution in [-0.4, -0.2) is 23.2 Å². The van der Waals surface area contributed by atoms with Crippen LogP contribution in [0.4, 0.5) is 5.69 Å². The van der Waals surface area contributed by atoms with Crippen LogP contribution in [0.5, 0.6) is 0 Å². The molecule has 1 aromatic heterocycles. The Bertz CT molecular complexity index is 1030. The Hall–Kier alpha value is -2.73. The van der Waals surface area contributed by atoms with Gasteiger partial charge in [0.05, 0.1) is 15.9 Å². The summed E-state index contributed by atoms with van der Waals surface area (Å²) in [7, 11) is 3.71. The number of carbonyl (C=O) groups is 1. The van der Waals surface area contributed by atoms with Crippen molar-refractivity contribution in [2.45, 2.75) is 0 Å². The lowest BCUT2D eigenvalue weighted by atomic mass is 10.1. The molecule has 4 rings (SSSR count). The molecular formula is C17H14N4OS. The van der Waals surface area contributed by atoms with Crippen molar-refractivity contribution in [2.75, 3.05) is 11.9 Å². The number of nitrogens with zero attached hydrogens (tertiary/aromatic N) is 4. The van der Waals surface area contributed by atoms with E-state index >= 15 is 0 Å². The van der Waals surface area contributed by atoms with Gasteiger partial charge in [0.1, 0.15) is 0 Å². The average molecular weight is 322 g/mol. The molecule has 0 unspecified atom stereocenters. The van der Waals surface area contributed by atoms with Crippen LogP contribution in [0.1, 0.15) is 5.56 Å². The van der Waals surface area contributed by atoms with E-state index in [1.54, 1.807) is 23.3 Å². The number of aryl methyl sites for hydroxylation is 1. The Morgan fingerprint density at radius 3 is 2.52 bits per heavy atom. The molecule has 0 N–H and O–H groups in total. The summed E-state index contributed by atoms with van der Waals surface area (Å²) in [5.74, 6) is -0.126. The van der Waals surface area contributed by atoms with Crippen molar-refractivity contribution in [2.24, 2.45) is 17.3 Å². The summed E-state index contributed by atoms with van der Waals surface area (Å²) < 4.78 is 3.13. The van der Waals surface area contributed by atoms with E-state index < -0.39 is 0 Å². The SMILES string of the molecule is CN1C(=O)/C(=N/N=c2/sc3ccccc3n2C)c2ccccc21. The second kappa shape index (κ2) is 5.17. The third-order valence-electron chi connectivity index (χ3n) is 3.98. The van der Waals surface area contributed by atoms with Crippen LogP contribution in [0.15, 0.2) is 58.7 Å². The molecule has 23 heavy (non-hydrogen) atoms. The summed E-state index contributed by atoms with van der Waals surface area (Å²) in [4.78, 5) is 14.7. The number of rotatable bonds is 1. The topological polar surface area (TPSA) is 50.0 Å². The minimum atomic E-state index is -0.126. The van der Waals surface area contributed by atoms with E-state index in [0.29, 0.717) is 5.71 Å². The van der Waals surface area contributed by atoms with Crippen molar-refractivity contribution < 1.29 is 4.79 Å². The molecule has 2 heterocycles. The molecule has 0 bridgehead atoms. The van der Waals surface area contributed by atoms with E-state index in [1.807, 2.05) is 54.1 Å². The molecule has 6 heteroatoms. The third-order valence-corrected chi connectivity index (χ3v) is 5.08. The van der Waals surface area contributed by atoms with Crippen molar-refractivity contribution in [1.82, 2.24) is 4.57 Å².